The molecule has 0 bridgehead atoms. The van der Waals surface area contributed by atoms with Gasteiger partial charge in [-0.15, -0.1) is 23.7 Å². The van der Waals surface area contributed by atoms with E-state index in [2.05, 4.69) is 15.4 Å². The molecule has 0 radical (unpaired) electrons. The molecule has 1 aromatic heterocycles. The average Bonchev–Trinajstić information content (AvgIpc) is 2.92. The number of halogens is 1. The standard InChI is InChI=1S/C15H27N3O3S2.ClH/c1-15(2,3)14(19)17-11-8-12-6-7-13(22-12)23(20,21)18-10-5-9-16-4;/h6-7,16,18H,5,8-11H2,1-4H3,(H,17,19);1H. The Kier molecular flexibility index (Phi) is 10.1. The molecular weight excluding hydrogens is 370 g/mol. The van der Waals surface area contributed by atoms with E-state index in [4.69, 9.17) is 0 Å². The van der Waals surface area contributed by atoms with Crippen molar-refractivity contribution in [2.45, 2.75) is 37.8 Å². The van der Waals surface area contributed by atoms with Gasteiger partial charge in [0.15, 0.2) is 0 Å². The highest BCUT2D eigenvalue weighted by Crippen LogP contribution is 2.21. The van der Waals surface area contributed by atoms with Gasteiger partial charge in [-0.2, -0.15) is 0 Å². The molecule has 3 N–H and O–H groups in total. The van der Waals surface area contributed by atoms with Gasteiger partial charge in [-0.3, -0.25) is 4.79 Å². The monoisotopic (exact) mass is 397 g/mol. The summed E-state index contributed by atoms with van der Waals surface area (Å²) in [6.07, 6.45) is 1.37. The van der Waals surface area contributed by atoms with Crippen LogP contribution in [0.1, 0.15) is 32.1 Å². The van der Waals surface area contributed by atoms with E-state index in [9.17, 15) is 13.2 Å². The zero-order valence-electron chi connectivity index (χ0n) is 14.6. The quantitative estimate of drug-likeness (QED) is 0.554. The van der Waals surface area contributed by atoms with Gasteiger partial charge < -0.3 is 10.6 Å². The number of carbonyl (C=O) groups is 1. The van der Waals surface area contributed by atoms with Crippen LogP contribution in [0, 0.1) is 5.41 Å². The molecule has 0 saturated carbocycles. The van der Waals surface area contributed by atoms with Crippen LogP contribution in [0.2, 0.25) is 0 Å². The Labute approximate surface area is 155 Å². The third kappa shape index (κ3) is 7.94. The van der Waals surface area contributed by atoms with E-state index in [1.165, 1.54) is 11.3 Å². The van der Waals surface area contributed by atoms with E-state index < -0.39 is 15.4 Å². The minimum absolute atomic E-state index is 0. The summed E-state index contributed by atoms with van der Waals surface area (Å²) in [5.74, 6) is -0.00639. The lowest BCUT2D eigenvalue weighted by Gasteiger charge is -2.17. The molecule has 0 spiro atoms. The van der Waals surface area contributed by atoms with E-state index in [0.29, 0.717) is 23.7 Å². The van der Waals surface area contributed by atoms with Gasteiger partial charge in [-0.05, 0) is 38.6 Å². The smallest absolute Gasteiger partial charge is 0.250 e. The third-order valence-electron chi connectivity index (χ3n) is 3.14. The highest BCUT2D eigenvalue weighted by atomic mass is 35.5. The second-order valence-corrected chi connectivity index (χ2v) is 9.49. The van der Waals surface area contributed by atoms with Crippen LogP contribution in [0.5, 0.6) is 0 Å². The van der Waals surface area contributed by atoms with Crippen LogP contribution < -0.4 is 15.4 Å². The van der Waals surface area contributed by atoms with Crippen LogP contribution in [0.4, 0.5) is 0 Å². The zero-order valence-corrected chi connectivity index (χ0v) is 17.1. The van der Waals surface area contributed by atoms with Crippen LogP contribution in [0.15, 0.2) is 16.3 Å². The van der Waals surface area contributed by atoms with Crippen molar-refractivity contribution in [2.24, 2.45) is 5.41 Å². The Morgan fingerprint density at radius 1 is 1.17 bits per heavy atom. The van der Waals surface area contributed by atoms with E-state index >= 15 is 0 Å². The van der Waals surface area contributed by atoms with Gasteiger partial charge in [0.05, 0.1) is 0 Å². The normalized spacial score (nSPS) is 11.8. The fourth-order valence-electron chi connectivity index (χ4n) is 1.74. The first-order valence-electron chi connectivity index (χ1n) is 7.68. The molecular formula is C15H28ClN3O3S2. The lowest BCUT2D eigenvalue weighted by atomic mass is 9.96. The molecule has 0 atom stereocenters. The van der Waals surface area contributed by atoms with Crippen LogP contribution in [-0.4, -0.2) is 41.0 Å². The van der Waals surface area contributed by atoms with Crippen molar-refractivity contribution in [1.29, 1.82) is 0 Å². The SMILES string of the molecule is CNCCCNS(=O)(=O)c1ccc(CCNC(=O)C(C)(C)C)s1.Cl. The Morgan fingerprint density at radius 2 is 1.83 bits per heavy atom. The number of sulfonamides is 1. The number of rotatable bonds is 9. The van der Waals surface area contributed by atoms with Gasteiger partial charge in [0.1, 0.15) is 4.21 Å². The fraction of sp³-hybridized carbons (Fsp3) is 0.667. The van der Waals surface area contributed by atoms with Crippen molar-refractivity contribution in [1.82, 2.24) is 15.4 Å². The third-order valence-corrected chi connectivity index (χ3v) is 6.23. The minimum atomic E-state index is -3.43. The van der Waals surface area contributed by atoms with Crippen molar-refractivity contribution >= 4 is 39.7 Å². The molecule has 1 heterocycles. The van der Waals surface area contributed by atoms with Gasteiger partial charge in [0.2, 0.25) is 15.9 Å². The van der Waals surface area contributed by atoms with E-state index in [-0.39, 0.29) is 18.3 Å². The molecule has 0 unspecified atom stereocenters. The molecule has 0 aliphatic heterocycles. The van der Waals surface area contributed by atoms with Crippen molar-refractivity contribution < 1.29 is 13.2 Å². The topological polar surface area (TPSA) is 87.3 Å². The number of hydrogen-bond acceptors (Lipinski definition) is 5. The Hall–Kier alpha value is -0.670. The van der Waals surface area contributed by atoms with Gasteiger partial charge in [-0.25, -0.2) is 13.1 Å². The molecule has 0 saturated heterocycles. The number of thiophene rings is 1. The summed E-state index contributed by atoms with van der Waals surface area (Å²) in [7, 11) is -1.60. The van der Waals surface area contributed by atoms with E-state index in [1.807, 2.05) is 27.8 Å². The van der Waals surface area contributed by atoms with Gasteiger partial charge in [-0.1, -0.05) is 20.8 Å². The summed E-state index contributed by atoms with van der Waals surface area (Å²) in [6.45, 7) is 7.27. The maximum Gasteiger partial charge on any atom is 0.250 e. The van der Waals surface area contributed by atoms with Crippen LogP contribution >= 0.6 is 23.7 Å². The first-order chi connectivity index (χ1) is 10.7. The molecule has 140 valence electrons. The Morgan fingerprint density at radius 3 is 2.42 bits per heavy atom. The molecule has 24 heavy (non-hydrogen) atoms. The van der Waals surface area contributed by atoms with Crippen LogP contribution in [0.25, 0.3) is 0 Å². The molecule has 0 aromatic carbocycles. The molecule has 9 heteroatoms. The molecule has 1 rings (SSSR count). The summed E-state index contributed by atoms with van der Waals surface area (Å²) in [4.78, 5) is 12.7. The molecule has 0 aliphatic rings. The second kappa shape index (κ2) is 10.4. The first-order valence-corrected chi connectivity index (χ1v) is 9.98. The Bertz CT molecular complexity index is 610. The van der Waals surface area contributed by atoms with Crippen LogP contribution in [0.3, 0.4) is 0 Å². The maximum atomic E-state index is 12.1. The van der Waals surface area contributed by atoms with Crippen molar-refractivity contribution in [3.63, 3.8) is 0 Å². The first kappa shape index (κ1) is 23.3. The van der Waals surface area contributed by atoms with Crippen LogP contribution in [-0.2, 0) is 21.2 Å². The number of hydrogen-bond donors (Lipinski definition) is 3. The largest absolute Gasteiger partial charge is 0.355 e. The summed E-state index contributed by atoms with van der Waals surface area (Å²) >= 11 is 1.25. The van der Waals surface area contributed by atoms with E-state index in [1.54, 1.807) is 12.1 Å². The van der Waals surface area contributed by atoms with Crippen molar-refractivity contribution in [3.8, 4) is 0 Å². The summed E-state index contributed by atoms with van der Waals surface area (Å²) in [5.41, 5.74) is -0.415. The average molecular weight is 398 g/mol. The highest BCUT2D eigenvalue weighted by molar-refractivity contribution is 7.91. The number of nitrogens with one attached hydrogen (secondary N) is 3. The molecule has 0 aliphatic carbocycles. The van der Waals surface area contributed by atoms with E-state index in [0.717, 1.165) is 17.8 Å². The molecule has 6 nitrogen and oxygen atoms in total. The fourth-order valence-corrected chi connectivity index (χ4v) is 4.22. The minimum Gasteiger partial charge on any atom is -0.355 e. The summed E-state index contributed by atoms with van der Waals surface area (Å²) < 4.78 is 27.2. The molecule has 0 fully saturated rings. The molecule has 1 amide bonds. The zero-order chi connectivity index (χ0) is 17.5. The lowest BCUT2D eigenvalue weighted by molar-refractivity contribution is -0.128. The van der Waals surface area contributed by atoms with Gasteiger partial charge >= 0.3 is 0 Å². The Balaban J connectivity index is 0.00000529. The van der Waals surface area contributed by atoms with Crippen molar-refractivity contribution in [3.05, 3.63) is 17.0 Å². The summed E-state index contributed by atoms with van der Waals surface area (Å²) in [5, 5.41) is 5.84. The van der Waals surface area contributed by atoms with Gasteiger partial charge in [0.25, 0.3) is 0 Å². The van der Waals surface area contributed by atoms with Gasteiger partial charge in [0, 0.05) is 23.4 Å². The number of carbonyl (C=O) groups excluding carboxylic acids is 1. The van der Waals surface area contributed by atoms with Crippen molar-refractivity contribution in [2.75, 3.05) is 26.7 Å². The predicted octanol–water partition coefficient (Wildman–Crippen LogP) is 1.76. The molecule has 1 aromatic rings. The summed E-state index contributed by atoms with van der Waals surface area (Å²) in [6, 6.07) is 3.42. The highest BCUT2D eigenvalue weighted by Gasteiger charge is 2.20. The maximum absolute atomic E-state index is 12.1. The predicted molar refractivity (Wildman–Crippen MR) is 101 cm³/mol. The number of amides is 1. The lowest BCUT2D eigenvalue weighted by Crippen LogP contribution is -2.35. The second-order valence-electron chi connectivity index (χ2n) is 6.33.